The fourth-order valence-corrected chi connectivity index (χ4v) is 9.47. The first kappa shape index (κ1) is 70.4. The van der Waals surface area contributed by atoms with Crippen molar-refractivity contribution in [1.29, 1.82) is 0 Å². The summed E-state index contributed by atoms with van der Waals surface area (Å²) in [5.74, 6) is -1.25. The van der Waals surface area contributed by atoms with Crippen molar-refractivity contribution in [3.05, 3.63) is 60.8 Å². The topological polar surface area (TPSA) is 175 Å². The van der Waals surface area contributed by atoms with Crippen LogP contribution >= 0.6 is 0 Å². The lowest BCUT2D eigenvalue weighted by Crippen LogP contribution is -2.61. The fourth-order valence-electron chi connectivity index (χ4n) is 9.47. The van der Waals surface area contributed by atoms with Crippen molar-refractivity contribution in [2.75, 3.05) is 13.2 Å². The number of carbonyl (C=O) groups is 2. The van der Waals surface area contributed by atoms with Crippen molar-refractivity contribution in [2.24, 2.45) is 0 Å². The summed E-state index contributed by atoms with van der Waals surface area (Å²) >= 11 is 0. The summed E-state index contributed by atoms with van der Waals surface area (Å²) in [7, 11) is 0. The molecule has 0 saturated carbocycles. The molecule has 0 radical (unpaired) electrons. The number of ether oxygens (including phenoxy) is 3. The molecular formula is C64H115NO10. The average molecular weight is 1060 g/mol. The van der Waals surface area contributed by atoms with Crippen molar-refractivity contribution < 1.29 is 49.3 Å². The Morgan fingerprint density at radius 3 is 1.40 bits per heavy atom. The molecule has 11 nitrogen and oxygen atoms in total. The van der Waals surface area contributed by atoms with Gasteiger partial charge < -0.3 is 45.1 Å². The summed E-state index contributed by atoms with van der Waals surface area (Å²) in [4.78, 5) is 26.5. The molecule has 11 heteroatoms. The van der Waals surface area contributed by atoms with Crippen LogP contribution in [0.1, 0.15) is 271 Å². The number of esters is 1. The summed E-state index contributed by atoms with van der Waals surface area (Å²) in [6, 6.07) is -1.03. The van der Waals surface area contributed by atoms with E-state index in [9.17, 15) is 35.1 Å². The van der Waals surface area contributed by atoms with Gasteiger partial charge in [-0.15, -0.1) is 0 Å². The Bertz CT molecular complexity index is 1450. The lowest BCUT2D eigenvalue weighted by Gasteiger charge is -2.41. The third kappa shape index (κ3) is 40.2. The number of aliphatic hydroxyl groups excluding tert-OH is 5. The molecule has 1 heterocycles. The average Bonchev–Trinajstić information content (AvgIpc) is 3.41. The smallest absolute Gasteiger partial charge is 0.306 e. The highest BCUT2D eigenvalue weighted by atomic mass is 16.7. The molecule has 0 aromatic heterocycles. The summed E-state index contributed by atoms with van der Waals surface area (Å²) in [6.45, 7) is 5.74. The van der Waals surface area contributed by atoms with Gasteiger partial charge in [0, 0.05) is 6.42 Å². The summed E-state index contributed by atoms with van der Waals surface area (Å²) in [5, 5.41) is 56.9. The molecule has 8 atom stereocenters. The van der Waals surface area contributed by atoms with E-state index in [4.69, 9.17) is 14.2 Å². The normalized spacial score (nSPS) is 19.6. The summed E-state index contributed by atoms with van der Waals surface area (Å²) < 4.78 is 17.5. The molecule has 0 bridgehead atoms. The minimum absolute atomic E-state index is 0.0476. The Morgan fingerprint density at radius 2 is 0.920 bits per heavy atom. The molecule has 1 aliphatic rings. The predicted molar refractivity (Wildman–Crippen MR) is 310 cm³/mol. The Hall–Kier alpha value is -2.64. The molecule has 1 fully saturated rings. The molecule has 8 unspecified atom stereocenters. The second-order valence-electron chi connectivity index (χ2n) is 21.4. The van der Waals surface area contributed by atoms with Gasteiger partial charge in [-0.25, -0.2) is 0 Å². The van der Waals surface area contributed by atoms with E-state index in [0.29, 0.717) is 19.3 Å². The van der Waals surface area contributed by atoms with E-state index in [1.165, 1.54) is 154 Å². The zero-order valence-corrected chi connectivity index (χ0v) is 48.2. The van der Waals surface area contributed by atoms with E-state index < -0.39 is 67.4 Å². The van der Waals surface area contributed by atoms with Gasteiger partial charge in [0.15, 0.2) is 12.4 Å². The van der Waals surface area contributed by atoms with Crippen molar-refractivity contribution in [3.8, 4) is 0 Å². The maximum Gasteiger partial charge on any atom is 0.306 e. The minimum atomic E-state index is -1.64. The first-order chi connectivity index (χ1) is 36.7. The van der Waals surface area contributed by atoms with Gasteiger partial charge in [0.2, 0.25) is 5.91 Å². The third-order valence-electron chi connectivity index (χ3n) is 14.4. The fraction of sp³-hybridized carbons (Fsp3) is 0.812. The van der Waals surface area contributed by atoms with Gasteiger partial charge >= 0.3 is 5.97 Å². The Morgan fingerprint density at radius 1 is 0.520 bits per heavy atom. The molecule has 1 rings (SSSR count). The number of nitrogens with one attached hydrogen (secondary N) is 1. The Kier molecular flexibility index (Phi) is 48.9. The molecule has 1 saturated heterocycles. The van der Waals surface area contributed by atoms with Crippen LogP contribution in [0.4, 0.5) is 0 Å². The highest BCUT2D eigenvalue weighted by molar-refractivity contribution is 5.80. The van der Waals surface area contributed by atoms with E-state index in [1.54, 1.807) is 6.08 Å². The molecule has 75 heavy (non-hydrogen) atoms. The van der Waals surface area contributed by atoms with Gasteiger partial charge in [0.05, 0.1) is 25.4 Å². The molecule has 1 aliphatic heterocycles. The maximum atomic E-state index is 13.4. The van der Waals surface area contributed by atoms with Crippen LogP contribution in [0.15, 0.2) is 60.8 Å². The quantitative estimate of drug-likeness (QED) is 0.0195. The maximum absolute atomic E-state index is 13.4. The third-order valence-corrected chi connectivity index (χ3v) is 14.4. The first-order valence-electron chi connectivity index (χ1n) is 31.1. The standard InChI is InChI=1S/C64H115NO10/c1-4-7-10-13-16-19-22-24-26-28-30-31-33-36-39-42-45-48-51-57(68)63(72)65-55(56(67)50-47-44-41-38-35-21-18-15-12-9-6-3)54-73-64-62(61(71)60(70)58(53-66)74-64)75-59(69)52-49-46-43-40-37-34-32-29-27-25-23-20-17-14-11-8-5-2/h17,20,25,27,32,34,40,43,47,50,55-58,60-62,64,66-68,70-71H,4-16,18-19,21-24,26,28-31,33,35-39,41-42,44-46,48-49,51-54H2,1-3H3,(H,65,72)/b20-17-,27-25-,34-32-,43-40-,50-47+. The Balaban J connectivity index is 2.70. The SMILES string of the molecule is CCCCC/C=C\C/C=C\C/C=C\C/C=C\CCCC(=O)OC1C(OCC(NC(=O)C(O)CCCCCCCCCCCCCCCCCCCC)C(O)/C=C/CCCCCCCCCCC)OC(CO)C(O)C1O. The van der Waals surface area contributed by atoms with Gasteiger partial charge in [-0.3, -0.25) is 9.59 Å². The van der Waals surface area contributed by atoms with E-state index >= 15 is 0 Å². The van der Waals surface area contributed by atoms with Crippen LogP contribution in [0.3, 0.4) is 0 Å². The van der Waals surface area contributed by atoms with Crippen LogP contribution in [0.25, 0.3) is 0 Å². The van der Waals surface area contributed by atoms with Gasteiger partial charge in [-0.1, -0.05) is 261 Å². The van der Waals surface area contributed by atoms with Crippen LogP contribution in [-0.4, -0.2) is 99.6 Å². The number of carbonyl (C=O) groups excluding carboxylic acids is 2. The van der Waals surface area contributed by atoms with E-state index in [0.717, 1.165) is 64.2 Å². The zero-order chi connectivity index (χ0) is 54.7. The lowest BCUT2D eigenvalue weighted by atomic mass is 9.99. The van der Waals surface area contributed by atoms with E-state index in [2.05, 4.69) is 68.6 Å². The van der Waals surface area contributed by atoms with Crippen LogP contribution in [-0.2, 0) is 23.8 Å². The number of aliphatic hydroxyl groups is 5. The second kappa shape index (κ2) is 52.1. The molecule has 1 amide bonds. The van der Waals surface area contributed by atoms with Crippen LogP contribution < -0.4 is 5.32 Å². The van der Waals surface area contributed by atoms with Gasteiger partial charge in [-0.2, -0.15) is 0 Å². The lowest BCUT2D eigenvalue weighted by molar-refractivity contribution is -0.305. The molecule has 0 aromatic carbocycles. The van der Waals surface area contributed by atoms with Crippen LogP contribution in [0.2, 0.25) is 0 Å². The van der Waals surface area contributed by atoms with E-state index in [1.807, 2.05) is 12.2 Å². The van der Waals surface area contributed by atoms with E-state index in [-0.39, 0.29) is 19.4 Å². The first-order valence-corrected chi connectivity index (χ1v) is 31.1. The molecule has 0 spiro atoms. The number of unbranched alkanes of at least 4 members (excludes halogenated alkanes) is 30. The van der Waals surface area contributed by atoms with Crippen molar-refractivity contribution in [3.63, 3.8) is 0 Å². The number of rotatable bonds is 52. The van der Waals surface area contributed by atoms with Gasteiger partial charge in [0.1, 0.15) is 24.4 Å². The second-order valence-corrected chi connectivity index (χ2v) is 21.4. The molecule has 6 N–H and O–H groups in total. The van der Waals surface area contributed by atoms with Crippen molar-refractivity contribution >= 4 is 11.9 Å². The number of hydrogen-bond donors (Lipinski definition) is 6. The van der Waals surface area contributed by atoms with Gasteiger partial charge in [-0.05, 0) is 64.2 Å². The monoisotopic (exact) mass is 1060 g/mol. The number of hydrogen-bond acceptors (Lipinski definition) is 10. The number of allylic oxidation sites excluding steroid dienone is 9. The Labute approximate surface area is 458 Å². The summed E-state index contributed by atoms with van der Waals surface area (Å²) in [5.41, 5.74) is 0. The minimum Gasteiger partial charge on any atom is -0.454 e. The largest absolute Gasteiger partial charge is 0.454 e. The summed E-state index contributed by atoms with van der Waals surface area (Å²) in [6.07, 6.45) is 54.1. The van der Waals surface area contributed by atoms with Crippen LogP contribution in [0.5, 0.6) is 0 Å². The molecular weight excluding hydrogens is 943 g/mol. The molecule has 0 aliphatic carbocycles. The van der Waals surface area contributed by atoms with Crippen molar-refractivity contribution in [2.45, 2.75) is 320 Å². The molecule has 436 valence electrons. The van der Waals surface area contributed by atoms with Crippen LogP contribution in [0, 0.1) is 0 Å². The number of amides is 1. The van der Waals surface area contributed by atoms with Crippen molar-refractivity contribution in [1.82, 2.24) is 5.32 Å². The highest BCUT2D eigenvalue weighted by Crippen LogP contribution is 2.26. The van der Waals surface area contributed by atoms with Gasteiger partial charge in [0.25, 0.3) is 0 Å². The highest BCUT2D eigenvalue weighted by Gasteiger charge is 2.47. The predicted octanol–water partition coefficient (Wildman–Crippen LogP) is 14.6. The molecule has 0 aromatic rings. The zero-order valence-electron chi connectivity index (χ0n) is 48.2.